The number of halogens is 1. The number of aromatic amines is 1. The number of carboxylic acid groups (broad SMARTS) is 1. The van der Waals surface area contributed by atoms with Crippen LogP contribution < -0.4 is 5.32 Å². The molecule has 0 aliphatic rings. The number of nitriles is 1. The fourth-order valence-electron chi connectivity index (χ4n) is 1.34. The molecule has 0 radical (unpaired) electrons. The largest absolute Gasteiger partial charge is 0.478 e. The number of H-pyrrole nitrogens is 1. The predicted octanol–water partition coefficient (Wildman–Crippen LogP) is 1.64. The molecule has 1 aromatic carbocycles. The van der Waals surface area contributed by atoms with Gasteiger partial charge in [0.2, 0.25) is 5.82 Å². The third-order valence-corrected chi connectivity index (χ3v) is 2.98. The number of nitrogens with zero attached hydrogens (tertiary/aromatic N) is 4. The van der Waals surface area contributed by atoms with Crippen LogP contribution in [0.4, 0.5) is 5.69 Å². The van der Waals surface area contributed by atoms with Crippen molar-refractivity contribution in [2.45, 2.75) is 0 Å². The minimum absolute atomic E-state index is 0.127. The van der Waals surface area contributed by atoms with Crippen LogP contribution in [0.15, 0.2) is 28.9 Å². The molecule has 20 heavy (non-hydrogen) atoms. The van der Waals surface area contributed by atoms with E-state index in [0.717, 1.165) is 0 Å². The average Bonchev–Trinajstić information content (AvgIpc) is 2.95. The zero-order valence-corrected chi connectivity index (χ0v) is 11.4. The lowest BCUT2D eigenvalue weighted by molar-refractivity contribution is 0.0697. The average molecular weight is 335 g/mol. The number of carboxylic acids is 1. The molecule has 9 heteroatoms. The number of anilines is 1. The van der Waals surface area contributed by atoms with E-state index in [0.29, 0.717) is 10.2 Å². The van der Waals surface area contributed by atoms with Crippen molar-refractivity contribution in [1.29, 1.82) is 5.26 Å². The minimum atomic E-state index is -1.04. The van der Waals surface area contributed by atoms with E-state index in [9.17, 15) is 4.79 Å². The Bertz CT molecular complexity index is 704. The molecule has 0 fully saturated rings. The van der Waals surface area contributed by atoms with Crippen LogP contribution in [0.3, 0.4) is 0 Å². The molecule has 1 aromatic heterocycles. The number of rotatable bonds is 4. The lowest BCUT2D eigenvalue weighted by Gasteiger charge is -2.05. The highest BCUT2D eigenvalue weighted by atomic mass is 79.9. The van der Waals surface area contributed by atoms with Gasteiger partial charge in [0, 0.05) is 10.7 Å². The minimum Gasteiger partial charge on any atom is -0.478 e. The van der Waals surface area contributed by atoms with Crippen molar-refractivity contribution in [1.82, 2.24) is 20.6 Å². The number of aromatic carboxylic acids is 1. The molecule has 0 unspecified atom stereocenters. The summed E-state index contributed by atoms with van der Waals surface area (Å²) < 4.78 is 0.657. The van der Waals surface area contributed by atoms with Gasteiger partial charge >= 0.3 is 5.97 Å². The second-order valence-electron chi connectivity index (χ2n) is 3.55. The van der Waals surface area contributed by atoms with Crippen LogP contribution in [0.1, 0.15) is 16.2 Å². The highest BCUT2D eigenvalue weighted by Gasteiger charge is 2.08. The van der Waals surface area contributed by atoms with Gasteiger partial charge < -0.3 is 10.4 Å². The Kier molecular flexibility index (Phi) is 4.07. The maximum Gasteiger partial charge on any atom is 0.335 e. The fourth-order valence-corrected chi connectivity index (χ4v) is 1.70. The molecule has 2 rings (SSSR count). The zero-order chi connectivity index (χ0) is 14.5. The molecule has 2 aromatic rings. The molecule has 0 bridgehead atoms. The molecule has 0 spiro atoms. The molecule has 0 saturated heterocycles. The first-order valence-electron chi connectivity index (χ1n) is 5.25. The van der Waals surface area contributed by atoms with Gasteiger partial charge in [0.25, 0.3) is 0 Å². The lowest BCUT2D eigenvalue weighted by atomic mass is 10.2. The van der Waals surface area contributed by atoms with Crippen molar-refractivity contribution >= 4 is 33.2 Å². The van der Waals surface area contributed by atoms with Gasteiger partial charge in [0.1, 0.15) is 11.6 Å². The number of aromatic nitrogens is 4. The van der Waals surface area contributed by atoms with Gasteiger partial charge in [-0.05, 0) is 39.3 Å². The Balaban J connectivity index is 2.28. The number of tetrazole rings is 1. The van der Waals surface area contributed by atoms with Crippen LogP contribution in [0.2, 0.25) is 0 Å². The summed E-state index contributed by atoms with van der Waals surface area (Å²) in [5, 5.41) is 33.7. The van der Waals surface area contributed by atoms with Crippen LogP contribution in [-0.4, -0.2) is 31.7 Å². The Morgan fingerprint density at radius 3 is 2.95 bits per heavy atom. The molecule has 1 heterocycles. The summed E-state index contributed by atoms with van der Waals surface area (Å²) >= 11 is 3.28. The molecule has 0 aliphatic carbocycles. The van der Waals surface area contributed by atoms with Gasteiger partial charge in [-0.25, -0.2) is 4.79 Å². The third kappa shape index (κ3) is 2.99. The lowest BCUT2D eigenvalue weighted by Crippen LogP contribution is -1.99. The predicted molar refractivity (Wildman–Crippen MR) is 72.5 cm³/mol. The van der Waals surface area contributed by atoms with Crippen molar-refractivity contribution in [3.8, 4) is 6.07 Å². The molecule has 0 amide bonds. The molecule has 8 nitrogen and oxygen atoms in total. The summed E-state index contributed by atoms with van der Waals surface area (Å²) in [6.45, 7) is 0. The quantitative estimate of drug-likeness (QED) is 0.725. The summed E-state index contributed by atoms with van der Waals surface area (Å²) in [6, 6.07) is 6.41. The van der Waals surface area contributed by atoms with Gasteiger partial charge in [-0.1, -0.05) is 0 Å². The van der Waals surface area contributed by atoms with Crippen molar-refractivity contribution in [3.05, 3.63) is 40.3 Å². The first-order chi connectivity index (χ1) is 9.61. The zero-order valence-electron chi connectivity index (χ0n) is 9.83. The van der Waals surface area contributed by atoms with Gasteiger partial charge in [0.15, 0.2) is 0 Å². The molecule has 100 valence electrons. The molecule has 0 saturated carbocycles. The molecular weight excluding hydrogens is 328 g/mol. The van der Waals surface area contributed by atoms with E-state index in [4.69, 9.17) is 10.4 Å². The summed E-state index contributed by atoms with van der Waals surface area (Å²) in [7, 11) is 0. The monoisotopic (exact) mass is 334 g/mol. The van der Waals surface area contributed by atoms with Crippen molar-refractivity contribution < 1.29 is 9.90 Å². The first-order valence-corrected chi connectivity index (χ1v) is 6.04. The SMILES string of the molecule is N#CC(=CNc1cc(C(=O)O)ccc1Br)c1nn[nH]n1. The number of carbonyl (C=O) groups is 1. The number of hydrogen-bond acceptors (Lipinski definition) is 6. The first kappa shape index (κ1) is 13.7. The summed E-state index contributed by atoms with van der Waals surface area (Å²) in [4.78, 5) is 10.9. The second-order valence-corrected chi connectivity index (χ2v) is 4.40. The highest BCUT2D eigenvalue weighted by molar-refractivity contribution is 9.10. The third-order valence-electron chi connectivity index (χ3n) is 2.29. The number of nitrogens with one attached hydrogen (secondary N) is 2. The van der Waals surface area contributed by atoms with Gasteiger partial charge in [-0.15, -0.1) is 10.2 Å². The summed E-state index contributed by atoms with van der Waals surface area (Å²) in [6.07, 6.45) is 1.37. The van der Waals surface area contributed by atoms with Crippen LogP contribution in [0, 0.1) is 11.3 Å². The Morgan fingerprint density at radius 2 is 2.35 bits per heavy atom. The number of allylic oxidation sites excluding steroid dienone is 1. The van der Waals surface area contributed by atoms with Crippen LogP contribution >= 0.6 is 15.9 Å². The Labute approximate surface area is 121 Å². The molecule has 0 aliphatic heterocycles. The van der Waals surface area contributed by atoms with E-state index in [1.165, 1.54) is 18.3 Å². The van der Waals surface area contributed by atoms with Crippen molar-refractivity contribution in [3.63, 3.8) is 0 Å². The van der Waals surface area contributed by atoms with Crippen LogP contribution in [0.5, 0.6) is 0 Å². The van der Waals surface area contributed by atoms with E-state index >= 15 is 0 Å². The normalized spacial score (nSPS) is 10.9. The Morgan fingerprint density at radius 1 is 1.55 bits per heavy atom. The molecule has 3 N–H and O–H groups in total. The van der Waals surface area contributed by atoms with E-state index in [1.54, 1.807) is 6.07 Å². The van der Waals surface area contributed by atoms with Gasteiger partial charge in [-0.3, -0.25) is 0 Å². The second kappa shape index (κ2) is 5.94. The maximum atomic E-state index is 10.9. The number of benzene rings is 1. The van der Waals surface area contributed by atoms with Crippen molar-refractivity contribution in [2.24, 2.45) is 0 Å². The fraction of sp³-hybridized carbons (Fsp3) is 0. The van der Waals surface area contributed by atoms with Crippen molar-refractivity contribution in [2.75, 3.05) is 5.32 Å². The van der Waals surface area contributed by atoms with E-state index in [-0.39, 0.29) is 17.0 Å². The Hall–Kier alpha value is -2.73. The summed E-state index contributed by atoms with van der Waals surface area (Å²) in [5.74, 6) is -0.895. The maximum absolute atomic E-state index is 10.9. The summed E-state index contributed by atoms with van der Waals surface area (Å²) in [5.41, 5.74) is 0.787. The van der Waals surface area contributed by atoms with Gasteiger partial charge in [-0.2, -0.15) is 10.5 Å². The van der Waals surface area contributed by atoms with Crippen LogP contribution in [0.25, 0.3) is 5.57 Å². The van der Waals surface area contributed by atoms with E-state index < -0.39 is 5.97 Å². The van der Waals surface area contributed by atoms with E-state index in [1.807, 2.05) is 6.07 Å². The van der Waals surface area contributed by atoms with Gasteiger partial charge in [0.05, 0.1) is 11.3 Å². The van der Waals surface area contributed by atoms with E-state index in [2.05, 4.69) is 41.9 Å². The topological polar surface area (TPSA) is 128 Å². The van der Waals surface area contributed by atoms with Crippen LogP contribution in [-0.2, 0) is 0 Å². The highest BCUT2D eigenvalue weighted by Crippen LogP contribution is 2.24. The number of hydrogen-bond donors (Lipinski definition) is 3. The smallest absolute Gasteiger partial charge is 0.335 e. The standard InChI is InChI=1S/C11H7BrN6O2/c12-8-2-1-6(11(19)20)3-9(8)14-5-7(4-13)10-15-17-18-16-10/h1-3,5,14H,(H,19,20)(H,15,16,17,18). The molecular formula is C11H7BrN6O2. The molecule has 0 atom stereocenters.